The van der Waals surface area contributed by atoms with Crippen molar-refractivity contribution in [2.75, 3.05) is 26.3 Å². The van der Waals surface area contributed by atoms with Crippen molar-refractivity contribution in [2.24, 2.45) is 0 Å². The van der Waals surface area contributed by atoms with E-state index in [1.807, 2.05) is 0 Å². The molecule has 2 amide bonds. The molecule has 0 aliphatic carbocycles. The first-order valence-electron chi connectivity index (χ1n) is 6.30. The minimum atomic E-state index is -0.498. The van der Waals surface area contributed by atoms with Gasteiger partial charge in [0.2, 0.25) is 5.91 Å². The molecule has 0 rings (SSSR count). The van der Waals surface area contributed by atoms with Crippen LogP contribution in [0.4, 0.5) is 4.79 Å². The average molecular weight is 272 g/mol. The van der Waals surface area contributed by atoms with Crippen molar-refractivity contribution in [2.45, 2.75) is 33.3 Å². The van der Waals surface area contributed by atoms with Crippen LogP contribution in [0.15, 0.2) is 12.2 Å². The number of alkyl carbamates (subject to hydrolysis) is 1. The Morgan fingerprint density at radius 1 is 1.11 bits per heavy atom. The summed E-state index contributed by atoms with van der Waals surface area (Å²) in [6.07, 6.45) is 2.66. The van der Waals surface area contributed by atoms with Crippen LogP contribution in [0.3, 0.4) is 0 Å². The number of amides is 2. The predicted octanol–water partition coefficient (Wildman–Crippen LogP) is 1.22. The molecule has 0 saturated carbocycles. The van der Waals surface area contributed by atoms with Gasteiger partial charge in [-0.2, -0.15) is 0 Å². The Labute approximate surface area is 114 Å². The summed E-state index contributed by atoms with van der Waals surface area (Å²) in [4.78, 5) is 22.3. The van der Waals surface area contributed by atoms with Crippen molar-refractivity contribution in [3.05, 3.63) is 12.2 Å². The number of nitrogens with one attached hydrogen (secondary N) is 2. The van der Waals surface area contributed by atoms with Crippen LogP contribution in [-0.2, 0) is 14.3 Å². The van der Waals surface area contributed by atoms with Gasteiger partial charge >= 0.3 is 6.09 Å². The second kappa shape index (κ2) is 9.38. The molecule has 2 N–H and O–H groups in total. The smallest absolute Gasteiger partial charge is 0.407 e. The summed E-state index contributed by atoms with van der Waals surface area (Å²) in [6, 6.07) is 0. The second-order valence-electron chi connectivity index (χ2n) is 4.83. The summed E-state index contributed by atoms with van der Waals surface area (Å²) in [5.41, 5.74) is -0.498. The van der Waals surface area contributed by atoms with Crippen molar-refractivity contribution in [1.29, 1.82) is 0 Å². The lowest BCUT2D eigenvalue weighted by atomic mass is 10.2. The minimum Gasteiger partial charge on any atom is -0.444 e. The molecule has 0 aliphatic rings. The fourth-order valence-corrected chi connectivity index (χ4v) is 1.10. The quantitative estimate of drug-likeness (QED) is 0.539. The molecule has 110 valence electrons. The first-order valence-corrected chi connectivity index (χ1v) is 6.30. The Balaban J connectivity index is 3.41. The van der Waals surface area contributed by atoms with Crippen molar-refractivity contribution in [3.63, 3.8) is 0 Å². The van der Waals surface area contributed by atoms with Crippen LogP contribution in [0.5, 0.6) is 0 Å². The zero-order valence-corrected chi connectivity index (χ0v) is 12.1. The molecular weight excluding hydrogens is 248 g/mol. The molecule has 6 heteroatoms. The van der Waals surface area contributed by atoms with Gasteiger partial charge in [-0.1, -0.05) is 6.08 Å². The topological polar surface area (TPSA) is 76.7 Å². The summed E-state index contributed by atoms with van der Waals surface area (Å²) in [5, 5.41) is 5.23. The number of ether oxygens (including phenoxy) is 2. The van der Waals surface area contributed by atoms with E-state index in [0.29, 0.717) is 26.3 Å². The van der Waals surface area contributed by atoms with Gasteiger partial charge in [-0.15, -0.1) is 0 Å². The Kier molecular flexibility index (Phi) is 8.61. The van der Waals surface area contributed by atoms with Gasteiger partial charge in [0.05, 0.1) is 13.2 Å². The number of allylic oxidation sites excluding steroid dienone is 1. The van der Waals surface area contributed by atoms with Crippen LogP contribution in [-0.4, -0.2) is 43.9 Å². The van der Waals surface area contributed by atoms with E-state index in [0.717, 1.165) is 0 Å². The standard InChI is InChI=1S/C13H24N2O4/c1-5-6-11(16)14-7-9-18-10-8-15-12(17)19-13(2,3)4/h5-6H,7-10H2,1-4H3,(H,14,16)(H,15,17)/b6-5+. The van der Waals surface area contributed by atoms with Gasteiger partial charge in [0.1, 0.15) is 5.60 Å². The van der Waals surface area contributed by atoms with Crippen LogP contribution in [0.2, 0.25) is 0 Å². The van der Waals surface area contributed by atoms with Crippen LogP contribution >= 0.6 is 0 Å². The molecule has 19 heavy (non-hydrogen) atoms. The molecule has 0 bridgehead atoms. The zero-order valence-electron chi connectivity index (χ0n) is 12.1. The average Bonchev–Trinajstić information content (AvgIpc) is 2.25. The normalized spacial score (nSPS) is 11.4. The molecule has 0 aromatic heterocycles. The van der Waals surface area contributed by atoms with Gasteiger partial charge in [-0.25, -0.2) is 4.79 Å². The third-order valence-corrected chi connectivity index (χ3v) is 1.78. The molecule has 0 aliphatic heterocycles. The molecule has 0 spiro atoms. The molecule has 0 heterocycles. The Morgan fingerprint density at radius 3 is 2.21 bits per heavy atom. The molecule has 0 aromatic carbocycles. The number of hydrogen-bond acceptors (Lipinski definition) is 4. The maximum absolute atomic E-state index is 11.3. The lowest BCUT2D eigenvalue weighted by Gasteiger charge is -2.19. The van der Waals surface area contributed by atoms with Crippen molar-refractivity contribution in [3.8, 4) is 0 Å². The van der Waals surface area contributed by atoms with E-state index in [1.165, 1.54) is 6.08 Å². The van der Waals surface area contributed by atoms with Crippen LogP contribution in [0, 0.1) is 0 Å². The maximum atomic E-state index is 11.3. The minimum absolute atomic E-state index is 0.141. The third-order valence-electron chi connectivity index (χ3n) is 1.78. The molecule has 0 aromatic rings. The molecule has 0 unspecified atom stereocenters. The van der Waals surface area contributed by atoms with Gasteiger partial charge < -0.3 is 20.1 Å². The lowest BCUT2D eigenvalue weighted by molar-refractivity contribution is -0.116. The zero-order chi connectivity index (χ0) is 14.7. The van der Waals surface area contributed by atoms with E-state index in [4.69, 9.17) is 9.47 Å². The largest absolute Gasteiger partial charge is 0.444 e. The molecular formula is C13H24N2O4. The highest BCUT2D eigenvalue weighted by atomic mass is 16.6. The Bertz CT molecular complexity index is 308. The van der Waals surface area contributed by atoms with E-state index in [2.05, 4.69) is 10.6 Å². The highest BCUT2D eigenvalue weighted by Crippen LogP contribution is 2.05. The molecule has 0 fully saturated rings. The monoisotopic (exact) mass is 272 g/mol. The number of carbonyl (C=O) groups is 2. The summed E-state index contributed by atoms with van der Waals surface area (Å²) >= 11 is 0. The lowest BCUT2D eigenvalue weighted by Crippen LogP contribution is -2.34. The highest BCUT2D eigenvalue weighted by molar-refractivity contribution is 5.87. The van der Waals surface area contributed by atoms with E-state index < -0.39 is 11.7 Å². The number of carbonyl (C=O) groups excluding carboxylic acids is 2. The summed E-state index contributed by atoms with van der Waals surface area (Å²) < 4.78 is 10.3. The third kappa shape index (κ3) is 12.7. The van der Waals surface area contributed by atoms with Gasteiger partial charge in [0.15, 0.2) is 0 Å². The summed E-state index contributed by atoms with van der Waals surface area (Å²) in [6.45, 7) is 8.77. The van der Waals surface area contributed by atoms with Gasteiger partial charge in [-0.3, -0.25) is 4.79 Å². The summed E-state index contributed by atoms with van der Waals surface area (Å²) in [7, 11) is 0. The second-order valence-corrected chi connectivity index (χ2v) is 4.83. The first-order chi connectivity index (χ1) is 8.85. The maximum Gasteiger partial charge on any atom is 0.407 e. The Hall–Kier alpha value is -1.56. The summed E-state index contributed by atoms with van der Waals surface area (Å²) in [5.74, 6) is -0.141. The molecule has 0 saturated heterocycles. The van der Waals surface area contributed by atoms with Crippen molar-refractivity contribution >= 4 is 12.0 Å². The van der Waals surface area contributed by atoms with E-state index in [9.17, 15) is 9.59 Å². The van der Waals surface area contributed by atoms with E-state index in [-0.39, 0.29) is 5.91 Å². The number of hydrogen-bond donors (Lipinski definition) is 2. The van der Waals surface area contributed by atoms with Crippen LogP contribution < -0.4 is 10.6 Å². The van der Waals surface area contributed by atoms with E-state index in [1.54, 1.807) is 33.8 Å². The van der Waals surface area contributed by atoms with Crippen molar-refractivity contribution in [1.82, 2.24) is 10.6 Å². The van der Waals surface area contributed by atoms with Crippen molar-refractivity contribution < 1.29 is 19.1 Å². The van der Waals surface area contributed by atoms with Gasteiger partial charge in [0.25, 0.3) is 0 Å². The van der Waals surface area contributed by atoms with E-state index >= 15 is 0 Å². The molecule has 0 atom stereocenters. The van der Waals surface area contributed by atoms with Gasteiger partial charge in [0, 0.05) is 13.1 Å². The van der Waals surface area contributed by atoms with Gasteiger partial charge in [-0.05, 0) is 33.8 Å². The SMILES string of the molecule is C/C=C/C(=O)NCCOCCNC(=O)OC(C)(C)C. The fourth-order valence-electron chi connectivity index (χ4n) is 1.10. The Morgan fingerprint density at radius 2 is 1.68 bits per heavy atom. The number of rotatable bonds is 7. The predicted molar refractivity (Wildman–Crippen MR) is 72.9 cm³/mol. The first kappa shape index (κ1) is 17.4. The van der Waals surface area contributed by atoms with Crippen LogP contribution in [0.25, 0.3) is 0 Å². The molecule has 6 nitrogen and oxygen atoms in total. The van der Waals surface area contributed by atoms with Crippen LogP contribution in [0.1, 0.15) is 27.7 Å². The fraction of sp³-hybridized carbons (Fsp3) is 0.692. The molecule has 0 radical (unpaired) electrons. The highest BCUT2D eigenvalue weighted by Gasteiger charge is 2.15.